The van der Waals surface area contributed by atoms with Crippen LogP contribution in [-0.4, -0.2) is 38.0 Å². The first-order valence-electron chi connectivity index (χ1n) is 7.22. The molecular weight excluding hydrogens is 250 g/mol. The van der Waals surface area contributed by atoms with Crippen molar-refractivity contribution >= 4 is 11.6 Å². The number of fused-ring (bicyclic) bond motifs is 1. The van der Waals surface area contributed by atoms with Gasteiger partial charge < -0.3 is 15.5 Å². The number of carbonyl (C=O) groups is 1. The van der Waals surface area contributed by atoms with E-state index in [4.69, 9.17) is 0 Å². The van der Waals surface area contributed by atoms with Gasteiger partial charge in [0, 0.05) is 12.2 Å². The van der Waals surface area contributed by atoms with Crippen molar-refractivity contribution < 1.29 is 4.79 Å². The minimum atomic E-state index is -0.350. The number of benzene rings is 1. The van der Waals surface area contributed by atoms with Crippen LogP contribution in [0.5, 0.6) is 0 Å². The lowest BCUT2D eigenvalue weighted by Gasteiger charge is -2.32. The number of hydrogen-bond donors (Lipinski definition) is 2. The second kappa shape index (κ2) is 5.83. The summed E-state index contributed by atoms with van der Waals surface area (Å²) in [6, 6.07) is 6.31. The number of likely N-dealkylation sites (N-methyl/N-ethyl adjacent to an activating group) is 1. The number of nitrogens with one attached hydrogen (secondary N) is 2. The summed E-state index contributed by atoms with van der Waals surface area (Å²) in [4.78, 5) is 13.9. The molecule has 0 aliphatic carbocycles. The lowest BCUT2D eigenvalue weighted by atomic mass is 9.86. The molecule has 1 aromatic carbocycles. The second-order valence-corrected chi connectivity index (χ2v) is 6.27. The van der Waals surface area contributed by atoms with Crippen molar-refractivity contribution in [2.45, 2.75) is 32.2 Å². The zero-order valence-corrected chi connectivity index (χ0v) is 12.9. The largest absolute Gasteiger partial charge is 0.385 e. The monoisotopic (exact) mass is 275 g/mol. The molecule has 2 rings (SSSR count). The highest BCUT2D eigenvalue weighted by molar-refractivity contribution is 5.79. The smallest absolute Gasteiger partial charge is 0.234 e. The van der Waals surface area contributed by atoms with E-state index in [-0.39, 0.29) is 11.4 Å². The van der Waals surface area contributed by atoms with Crippen LogP contribution in [0, 0.1) is 0 Å². The van der Waals surface area contributed by atoms with Gasteiger partial charge in [-0.25, -0.2) is 0 Å². The summed E-state index contributed by atoms with van der Waals surface area (Å²) in [6.45, 7) is 5.59. The highest BCUT2D eigenvalue weighted by Crippen LogP contribution is 2.32. The molecule has 4 heteroatoms. The van der Waals surface area contributed by atoms with Crippen molar-refractivity contribution in [3.63, 3.8) is 0 Å². The quantitative estimate of drug-likeness (QED) is 0.883. The van der Waals surface area contributed by atoms with E-state index in [1.807, 2.05) is 19.0 Å². The SMILES string of the molecule is CN(C)CC(=O)NC(C)(C)c1cccc2c1CCCN2. The molecule has 20 heavy (non-hydrogen) atoms. The summed E-state index contributed by atoms with van der Waals surface area (Å²) < 4.78 is 0. The molecule has 1 aliphatic rings. The van der Waals surface area contributed by atoms with E-state index in [2.05, 4.69) is 42.7 Å². The normalized spacial score (nSPS) is 14.7. The van der Waals surface area contributed by atoms with E-state index in [0.29, 0.717) is 6.54 Å². The zero-order chi connectivity index (χ0) is 14.8. The zero-order valence-electron chi connectivity index (χ0n) is 12.9. The molecule has 0 aromatic heterocycles. The molecule has 0 spiro atoms. The minimum absolute atomic E-state index is 0.0568. The average molecular weight is 275 g/mol. The maximum absolute atomic E-state index is 12.0. The number of nitrogens with zero attached hydrogens (tertiary/aromatic N) is 1. The Morgan fingerprint density at radius 1 is 1.40 bits per heavy atom. The first-order chi connectivity index (χ1) is 9.40. The Hall–Kier alpha value is -1.55. The maximum Gasteiger partial charge on any atom is 0.234 e. The Balaban J connectivity index is 2.23. The molecule has 0 atom stereocenters. The van der Waals surface area contributed by atoms with E-state index in [1.165, 1.54) is 16.8 Å². The van der Waals surface area contributed by atoms with Crippen molar-refractivity contribution in [3.8, 4) is 0 Å². The molecule has 0 saturated heterocycles. The lowest BCUT2D eigenvalue weighted by molar-refractivity contribution is -0.123. The van der Waals surface area contributed by atoms with E-state index < -0.39 is 0 Å². The Labute approximate surface area is 121 Å². The van der Waals surface area contributed by atoms with Gasteiger partial charge in [0.2, 0.25) is 5.91 Å². The molecule has 0 unspecified atom stereocenters. The van der Waals surface area contributed by atoms with Crippen LogP contribution in [0.25, 0.3) is 0 Å². The van der Waals surface area contributed by atoms with Gasteiger partial charge in [-0.2, -0.15) is 0 Å². The average Bonchev–Trinajstić information content (AvgIpc) is 2.36. The Morgan fingerprint density at radius 2 is 2.15 bits per heavy atom. The van der Waals surface area contributed by atoms with Gasteiger partial charge in [-0.3, -0.25) is 4.79 Å². The van der Waals surface area contributed by atoms with Crippen molar-refractivity contribution in [1.82, 2.24) is 10.2 Å². The Morgan fingerprint density at radius 3 is 2.85 bits per heavy atom. The molecule has 2 N–H and O–H groups in total. The van der Waals surface area contributed by atoms with Gasteiger partial charge in [-0.05, 0) is 58.0 Å². The molecule has 0 fully saturated rings. The van der Waals surface area contributed by atoms with Crippen molar-refractivity contribution in [2.24, 2.45) is 0 Å². The highest BCUT2D eigenvalue weighted by Gasteiger charge is 2.27. The molecule has 0 saturated carbocycles. The molecule has 0 radical (unpaired) electrons. The van der Waals surface area contributed by atoms with Crippen LogP contribution in [0.2, 0.25) is 0 Å². The third-order valence-electron chi connectivity index (χ3n) is 3.68. The Bertz CT molecular complexity index is 494. The first-order valence-corrected chi connectivity index (χ1v) is 7.22. The van der Waals surface area contributed by atoms with Crippen LogP contribution in [0.1, 0.15) is 31.4 Å². The number of anilines is 1. The third kappa shape index (κ3) is 3.31. The summed E-state index contributed by atoms with van der Waals surface area (Å²) >= 11 is 0. The van der Waals surface area contributed by atoms with Crippen LogP contribution in [0.15, 0.2) is 18.2 Å². The summed E-state index contributed by atoms with van der Waals surface area (Å²) in [6.07, 6.45) is 2.22. The molecular formula is C16H25N3O. The topological polar surface area (TPSA) is 44.4 Å². The summed E-state index contributed by atoms with van der Waals surface area (Å²) in [7, 11) is 3.81. The van der Waals surface area contributed by atoms with Crippen LogP contribution in [-0.2, 0) is 16.8 Å². The van der Waals surface area contributed by atoms with Gasteiger partial charge in [-0.1, -0.05) is 12.1 Å². The summed E-state index contributed by atoms with van der Waals surface area (Å²) in [5.74, 6) is 0.0568. The van der Waals surface area contributed by atoms with Crippen molar-refractivity contribution in [3.05, 3.63) is 29.3 Å². The van der Waals surface area contributed by atoms with Gasteiger partial charge >= 0.3 is 0 Å². The van der Waals surface area contributed by atoms with Crippen LogP contribution in [0.4, 0.5) is 5.69 Å². The van der Waals surface area contributed by atoms with E-state index in [9.17, 15) is 4.79 Å². The van der Waals surface area contributed by atoms with Gasteiger partial charge in [0.15, 0.2) is 0 Å². The molecule has 1 aliphatic heterocycles. The summed E-state index contributed by atoms with van der Waals surface area (Å²) in [5, 5.41) is 6.59. The van der Waals surface area contributed by atoms with Gasteiger partial charge in [0.25, 0.3) is 0 Å². The van der Waals surface area contributed by atoms with E-state index >= 15 is 0 Å². The second-order valence-electron chi connectivity index (χ2n) is 6.27. The number of rotatable bonds is 4. The number of carbonyl (C=O) groups excluding carboxylic acids is 1. The minimum Gasteiger partial charge on any atom is -0.385 e. The molecule has 0 bridgehead atoms. The van der Waals surface area contributed by atoms with Crippen LogP contribution in [0.3, 0.4) is 0 Å². The number of hydrogen-bond acceptors (Lipinski definition) is 3. The predicted octanol–water partition coefficient (Wildman–Crippen LogP) is 1.96. The summed E-state index contributed by atoms with van der Waals surface area (Å²) in [5.41, 5.74) is 3.42. The van der Waals surface area contributed by atoms with E-state index in [0.717, 1.165) is 19.4 Å². The fraction of sp³-hybridized carbons (Fsp3) is 0.562. The third-order valence-corrected chi connectivity index (χ3v) is 3.68. The van der Waals surface area contributed by atoms with Gasteiger partial charge in [0.1, 0.15) is 0 Å². The highest BCUT2D eigenvalue weighted by atomic mass is 16.2. The standard InChI is InChI=1S/C16H25N3O/c1-16(2,18-15(20)11-19(3)4)13-8-5-9-14-12(13)7-6-10-17-14/h5,8-9,17H,6-7,10-11H2,1-4H3,(H,18,20). The fourth-order valence-electron chi connectivity index (χ4n) is 2.84. The first kappa shape index (κ1) is 14.9. The Kier molecular flexibility index (Phi) is 4.33. The molecule has 110 valence electrons. The van der Waals surface area contributed by atoms with Gasteiger partial charge in [-0.15, -0.1) is 0 Å². The van der Waals surface area contributed by atoms with Crippen molar-refractivity contribution in [2.75, 3.05) is 32.5 Å². The number of amides is 1. The van der Waals surface area contributed by atoms with E-state index in [1.54, 1.807) is 0 Å². The molecule has 1 amide bonds. The predicted molar refractivity (Wildman–Crippen MR) is 83.0 cm³/mol. The van der Waals surface area contributed by atoms with Crippen molar-refractivity contribution in [1.29, 1.82) is 0 Å². The van der Waals surface area contributed by atoms with Gasteiger partial charge in [0.05, 0.1) is 12.1 Å². The molecule has 1 aromatic rings. The lowest BCUT2D eigenvalue weighted by Crippen LogP contribution is -2.45. The fourth-order valence-corrected chi connectivity index (χ4v) is 2.84. The van der Waals surface area contributed by atoms with Crippen LogP contribution >= 0.6 is 0 Å². The molecule has 4 nitrogen and oxygen atoms in total. The molecule has 1 heterocycles. The van der Waals surface area contributed by atoms with Crippen LogP contribution < -0.4 is 10.6 Å². The maximum atomic E-state index is 12.0.